The standard InChI is InChI=1S/C13H20N2O/c1-3-10(4-2)16-13-6-8-15-12-5-7-14-9-11(12)13/h6,8,10,14H,3-5,7,9H2,1-2H3. The van der Waals surface area contributed by atoms with E-state index >= 15 is 0 Å². The molecule has 1 aromatic heterocycles. The van der Waals surface area contributed by atoms with Crippen LogP contribution in [0.25, 0.3) is 0 Å². The van der Waals surface area contributed by atoms with Crippen molar-refractivity contribution in [1.82, 2.24) is 10.3 Å². The van der Waals surface area contributed by atoms with Crippen LogP contribution >= 0.6 is 0 Å². The summed E-state index contributed by atoms with van der Waals surface area (Å²) in [6.45, 7) is 6.24. The highest BCUT2D eigenvalue weighted by atomic mass is 16.5. The van der Waals surface area contributed by atoms with Gasteiger partial charge >= 0.3 is 0 Å². The van der Waals surface area contributed by atoms with Gasteiger partial charge in [0.05, 0.1) is 6.10 Å². The number of nitrogens with one attached hydrogen (secondary N) is 1. The van der Waals surface area contributed by atoms with Crippen LogP contribution in [0, 0.1) is 0 Å². The summed E-state index contributed by atoms with van der Waals surface area (Å²) in [7, 11) is 0. The van der Waals surface area contributed by atoms with E-state index in [9.17, 15) is 0 Å². The Labute approximate surface area is 97.2 Å². The Bertz CT molecular complexity index is 348. The fourth-order valence-electron chi connectivity index (χ4n) is 2.09. The van der Waals surface area contributed by atoms with Gasteiger partial charge in [-0.25, -0.2) is 0 Å². The number of ether oxygens (including phenoxy) is 1. The van der Waals surface area contributed by atoms with Crippen molar-refractivity contribution in [3.63, 3.8) is 0 Å². The summed E-state index contributed by atoms with van der Waals surface area (Å²) in [5, 5.41) is 3.37. The van der Waals surface area contributed by atoms with Gasteiger partial charge in [-0.1, -0.05) is 13.8 Å². The summed E-state index contributed by atoms with van der Waals surface area (Å²) >= 11 is 0. The van der Waals surface area contributed by atoms with Crippen molar-refractivity contribution in [2.24, 2.45) is 0 Å². The largest absolute Gasteiger partial charge is 0.490 e. The Hall–Kier alpha value is -1.09. The summed E-state index contributed by atoms with van der Waals surface area (Å²) in [5.41, 5.74) is 2.45. The van der Waals surface area contributed by atoms with Gasteiger partial charge in [-0.3, -0.25) is 4.98 Å². The van der Waals surface area contributed by atoms with E-state index in [2.05, 4.69) is 24.1 Å². The van der Waals surface area contributed by atoms with Crippen LogP contribution in [0.2, 0.25) is 0 Å². The van der Waals surface area contributed by atoms with E-state index in [0.29, 0.717) is 6.10 Å². The monoisotopic (exact) mass is 220 g/mol. The molecule has 0 radical (unpaired) electrons. The predicted molar refractivity (Wildman–Crippen MR) is 64.6 cm³/mol. The van der Waals surface area contributed by atoms with E-state index in [1.165, 1.54) is 11.3 Å². The third-order valence-corrected chi connectivity index (χ3v) is 3.15. The van der Waals surface area contributed by atoms with Crippen LogP contribution in [-0.4, -0.2) is 17.6 Å². The molecule has 0 fully saturated rings. The molecule has 0 aromatic carbocycles. The first-order chi connectivity index (χ1) is 7.85. The number of hydrogen-bond acceptors (Lipinski definition) is 3. The third-order valence-electron chi connectivity index (χ3n) is 3.15. The number of pyridine rings is 1. The van der Waals surface area contributed by atoms with Crippen LogP contribution < -0.4 is 10.1 Å². The van der Waals surface area contributed by atoms with Crippen molar-refractivity contribution in [2.75, 3.05) is 6.54 Å². The molecule has 1 aliphatic heterocycles. The Kier molecular flexibility index (Phi) is 3.78. The summed E-state index contributed by atoms with van der Waals surface area (Å²) < 4.78 is 6.03. The fraction of sp³-hybridized carbons (Fsp3) is 0.615. The highest BCUT2D eigenvalue weighted by Gasteiger charge is 2.16. The molecule has 0 amide bonds. The minimum atomic E-state index is 0.327. The molecule has 0 saturated carbocycles. The van der Waals surface area contributed by atoms with Crippen LogP contribution in [0.5, 0.6) is 5.75 Å². The van der Waals surface area contributed by atoms with E-state index < -0.39 is 0 Å². The lowest BCUT2D eigenvalue weighted by molar-refractivity contribution is 0.190. The molecular weight excluding hydrogens is 200 g/mol. The van der Waals surface area contributed by atoms with Crippen LogP contribution in [-0.2, 0) is 13.0 Å². The summed E-state index contributed by atoms with van der Waals surface area (Å²) in [6.07, 6.45) is 5.31. The van der Waals surface area contributed by atoms with Gasteiger partial charge in [0, 0.05) is 37.0 Å². The lowest BCUT2D eigenvalue weighted by atomic mass is 10.1. The maximum Gasteiger partial charge on any atom is 0.127 e. The van der Waals surface area contributed by atoms with E-state index in [-0.39, 0.29) is 0 Å². The number of fused-ring (bicyclic) bond motifs is 1. The molecule has 1 aliphatic rings. The summed E-state index contributed by atoms with van der Waals surface area (Å²) in [4.78, 5) is 4.42. The molecule has 2 rings (SSSR count). The minimum absolute atomic E-state index is 0.327. The van der Waals surface area contributed by atoms with Crippen LogP contribution in [0.15, 0.2) is 12.3 Å². The summed E-state index contributed by atoms with van der Waals surface area (Å²) in [5.74, 6) is 1.02. The van der Waals surface area contributed by atoms with Crippen molar-refractivity contribution in [3.05, 3.63) is 23.5 Å². The highest BCUT2D eigenvalue weighted by molar-refractivity contribution is 5.37. The first kappa shape index (κ1) is 11.4. The average molecular weight is 220 g/mol. The zero-order valence-corrected chi connectivity index (χ0v) is 10.1. The number of rotatable bonds is 4. The molecule has 0 atom stereocenters. The molecule has 88 valence electrons. The molecule has 0 spiro atoms. The van der Waals surface area contributed by atoms with Gasteiger partial charge in [-0.2, -0.15) is 0 Å². The highest BCUT2D eigenvalue weighted by Crippen LogP contribution is 2.25. The number of hydrogen-bond donors (Lipinski definition) is 1. The Balaban J connectivity index is 2.20. The molecule has 0 unspecified atom stereocenters. The van der Waals surface area contributed by atoms with Crippen LogP contribution in [0.3, 0.4) is 0 Å². The van der Waals surface area contributed by atoms with Crippen molar-refractivity contribution in [2.45, 2.75) is 45.8 Å². The smallest absolute Gasteiger partial charge is 0.127 e. The SMILES string of the molecule is CCC(CC)Oc1ccnc2c1CNCC2. The predicted octanol–water partition coefficient (Wildman–Crippen LogP) is 2.29. The second kappa shape index (κ2) is 5.30. The van der Waals surface area contributed by atoms with Crippen molar-refractivity contribution >= 4 is 0 Å². The molecule has 0 aliphatic carbocycles. The fourth-order valence-corrected chi connectivity index (χ4v) is 2.09. The Morgan fingerprint density at radius 1 is 1.44 bits per heavy atom. The molecule has 1 aromatic rings. The molecule has 3 nitrogen and oxygen atoms in total. The van der Waals surface area contributed by atoms with Crippen molar-refractivity contribution in [3.8, 4) is 5.75 Å². The van der Waals surface area contributed by atoms with Gasteiger partial charge in [-0.15, -0.1) is 0 Å². The average Bonchev–Trinajstić information content (AvgIpc) is 2.36. The number of aromatic nitrogens is 1. The molecule has 0 saturated heterocycles. The molecule has 1 N–H and O–H groups in total. The first-order valence-electron chi connectivity index (χ1n) is 6.19. The quantitative estimate of drug-likeness (QED) is 0.845. The van der Waals surface area contributed by atoms with Crippen molar-refractivity contribution in [1.29, 1.82) is 0 Å². The normalized spacial score (nSPS) is 14.9. The van der Waals surface area contributed by atoms with E-state index in [4.69, 9.17) is 4.74 Å². The minimum Gasteiger partial charge on any atom is -0.490 e. The second-order valence-corrected chi connectivity index (χ2v) is 4.22. The van der Waals surface area contributed by atoms with Crippen LogP contribution in [0.1, 0.15) is 37.9 Å². The van der Waals surface area contributed by atoms with Gasteiger partial charge in [0.25, 0.3) is 0 Å². The maximum absolute atomic E-state index is 6.03. The summed E-state index contributed by atoms with van der Waals surface area (Å²) in [6, 6.07) is 1.99. The zero-order chi connectivity index (χ0) is 11.4. The van der Waals surface area contributed by atoms with E-state index in [1.54, 1.807) is 0 Å². The van der Waals surface area contributed by atoms with E-state index in [1.807, 2.05) is 12.3 Å². The number of nitrogens with zero attached hydrogens (tertiary/aromatic N) is 1. The molecule has 3 heteroatoms. The van der Waals surface area contributed by atoms with Gasteiger partial charge < -0.3 is 10.1 Å². The van der Waals surface area contributed by atoms with Crippen LogP contribution in [0.4, 0.5) is 0 Å². The molecule has 2 heterocycles. The molecular formula is C13H20N2O. The lowest BCUT2D eigenvalue weighted by Gasteiger charge is -2.22. The maximum atomic E-state index is 6.03. The second-order valence-electron chi connectivity index (χ2n) is 4.22. The first-order valence-corrected chi connectivity index (χ1v) is 6.19. The van der Waals surface area contributed by atoms with Gasteiger partial charge in [0.1, 0.15) is 5.75 Å². The Morgan fingerprint density at radius 3 is 3.00 bits per heavy atom. The van der Waals surface area contributed by atoms with Gasteiger partial charge in [0.15, 0.2) is 0 Å². The molecule has 0 bridgehead atoms. The molecule has 16 heavy (non-hydrogen) atoms. The Morgan fingerprint density at radius 2 is 2.25 bits per heavy atom. The van der Waals surface area contributed by atoms with Gasteiger partial charge in [-0.05, 0) is 18.9 Å². The lowest BCUT2D eigenvalue weighted by Crippen LogP contribution is -2.26. The zero-order valence-electron chi connectivity index (χ0n) is 10.1. The third kappa shape index (κ3) is 2.35. The topological polar surface area (TPSA) is 34.1 Å². The van der Waals surface area contributed by atoms with Crippen molar-refractivity contribution < 1.29 is 4.74 Å². The van der Waals surface area contributed by atoms with Gasteiger partial charge in [0.2, 0.25) is 0 Å². The van der Waals surface area contributed by atoms with E-state index in [0.717, 1.165) is 38.1 Å².